The van der Waals surface area contributed by atoms with Gasteiger partial charge in [0.1, 0.15) is 0 Å². The fourth-order valence-electron chi connectivity index (χ4n) is 1.85. The topological polar surface area (TPSA) is 34.2 Å². The molecule has 0 aliphatic rings. The van der Waals surface area contributed by atoms with Crippen molar-refractivity contribution in [3.05, 3.63) is 29.0 Å². The Labute approximate surface area is 109 Å². The van der Waals surface area contributed by atoms with Crippen LogP contribution in [0.3, 0.4) is 0 Å². The van der Waals surface area contributed by atoms with Gasteiger partial charge in [-0.1, -0.05) is 18.5 Å². The van der Waals surface area contributed by atoms with Crippen molar-refractivity contribution >= 4 is 11.6 Å². The highest BCUT2D eigenvalue weighted by atomic mass is 35.5. The molecule has 0 aliphatic heterocycles. The zero-order valence-electron chi connectivity index (χ0n) is 10.7. The van der Waals surface area contributed by atoms with Crippen LogP contribution in [0.25, 0.3) is 0 Å². The number of aromatic nitrogens is 1. The standard InChI is InChI=1S/C13H21ClN2O/c1-4-16-13(10(3)17-5-2)8-11-6-7-15-9-12(11)14/h6-7,9-10,13,16H,4-5,8H2,1-3H3. The van der Waals surface area contributed by atoms with Crippen LogP contribution < -0.4 is 5.32 Å². The first-order valence-corrected chi connectivity index (χ1v) is 6.50. The molecule has 4 heteroatoms. The summed E-state index contributed by atoms with van der Waals surface area (Å²) in [6.45, 7) is 7.85. The molecule has 2 atom stereocenters. The van der Waals surface area contributed by atoms with Gasteiger partial charge in [-0.05, 0) is 38.4 Å². The lowest BCUT2D eigenvalue weighted by Crippen LogP contribution is -2.41. The number of pyridine rings is 1. The number of likely N-dealkylation sites (N-methyl/N-ethyl adjacent to an activating group) is 1. The molecule has 3 nitrogen and oxygen atoms in total. The Balaban J connectivity index is 2.69. The summed E-state index contributed by atoms with van der Waals surface area (Å²) in [5, 5.41) is 4.16. The van der Waals surface area contributed by atoms with Crippen molar-refractivity contribution in [3.63, 3.8) is 0 Å². The van der Waals surface area contributed by atoms with E-state index < -0.39 is 0 Å². The van der Waals surface area contributed by atoms with Crippen molar-refractivity contribution in [2.45, 2.75) is 39.3 Å². The van der Waals surface area contributed by atoms with Crippen molar-refractivity contribution < 1.29 is 4.74 Å². The van der Waals surface area contributed by atoms with E-state index in [1.165, 1.54) is 0 Å². The molecule has 0 aromatic carbocycles. The number of hydrogen-bond acceptors (Lipinski definition) is 3. The summed E-state index contributed by atoms with van der Waals surface area (Å²) in [6, 6.07) is 2.24. The first-order chi connectivity index (χ1) is 8.19. The van der Waals surface area contributed by atoms with Crippen LogP contribution in [0.2, 0.25) is 5.02 Å². The largest absolute Gasteiger partial charge is 0.377 e. The molecule has 2 unspecified atom stereocenters. The van der Waals surface area contributed by atoms with E-state index in [9.17, 15) is 0 Å². The van der Waals surface area contributed by atoms with Crippen molar-refractivity contribution in [1.82, 2.24) is 10.3 Å². The zero-order valence-corrected chi connectivity index (χ0v) is 11.5. The maximum Gasteiger partial charge on any atom is 0.0703 e. The molecule has 1 aromatic heterocycles. The molecular weight excluding hydrogens is 236 g/mol. The van der Waals surface area contributed by atoms with Gasteiger partial charge >= 0.3 is 0 Å². The molecule has 1 heterocycles. The number of nitrogens with zero attached hydrogens (tertiary/aromatic N) is 1. The van der Waals surface area contributed by atoms with Crippen molar-refractivity contribution in [1.29, 1.82) is 0 Å². The lowest BCUT2D eigenvalue weighted by molar-refractivity contribution is 0.0480. The lowest BCUT2D eigenvalue weighted by Gasteiger charge is -2.25. The third-order valence-corrected chi connectivity index (χ3v) is 3.10. The van der Waals surface area contributed by atoms with Crippen LogP contribution in [-0.4, -0.2) is 30.3 Å². The Morgan fingerprint density at radius 2 is 2.24 bits per heavy atom. The number of hydrogen-bond donors (Lipinski definition) is 1. The quantitative estimate of drug-likeness (QED) is 0.815. The smallest absolute Gasteiger partial charge is 0.0703 e. The third-order valence-electron chi connectivity index (χ3n) is 2.76. The average molecular weight is 257 g/mol. The average Bonchev–Trinajstić information content (AvgIpc) is 2.31. The molecule has 0 saturated carbocycles. The van der Waals surface area contributed by atoms with Crippen molar-refractivity contribution in [2.75, 3.05) is 13.2 Å². The molecule has 96 valence electrons. The minimum Gasteiger partial charge on any atom is -0.377 e. The van der Waals surface area contributed by atoms with E-state index in [2.05, 4.69) is 24.1 Å². The second kappa shape index (κ2) is 7.64. The third kappa shape index (κ3) is 4.62. The summed E-state index contributed by atoms with van der Waals surface area (Å²) >= 11 is 6.12. The lowest BCUT2D eigenvalue weighted by atomic mass is 10.0. The highest BCUT2D eigenvalue weighted by molar-refractivity contribution is 6.31. The maximum atomic E-state index is 6.12. The van der Waals surface area contributed by atoms with Gasteiger partial charge < -0.3 is 10.1 Å². The van der Waals surface area contributed by atoms with E-state index >= 15 is 0 Å². The van der Waals surface area contributed by atoms with Crippen LogP contribution >= 0.6 is 11.6 Å². The van der Waals surface area contributed by atoms with E-state index in [-0.39, 0.29) is 12.1 Å². The normalized spacial score (nSPS) is 14.6. The van der Waals surface area contributed by atoms with E-state index in [1.807, 2.05) is 13.0 Å². The summed E-state index contributed by atoms with van der Waals surface area (Å²) in [5.41, 5.74) is 1.11. The Morgan fingerprint density at radius 1 is 1.47 bits per heavy atom. The molecular formula is C13H21ClN2O. The minimum absolute atomic E-state index is 0.171. The van der Waals surface area contributed by atoms with Crippen LogP contribution in [0.4, 0.5) is 0 Å². The van der Waals surface area contributed by atoms with Gasteiger partial charge in [0.05, 0.1) is 11.1 Å². The molecule has 1 aromatic rings. The summed E-state index contributed by atoms with van der Waals surface area (Å²) < 4.78 is 5.65. The van der Waals surface area contributed by atoms with Gasteiger partial charge in [-0.25, -0.2) is 0 Å². The molecule has 0 bridgehead atoms. The van der Waals surface area contributed by atoms with Crippen LogP contribution in [-0.2, 0) is 11.2 Å². The molecule has 17 heavy (non-hydrogen) atoms. The Bertz CT molecular complexity index is 333. The first-order valence-electron chi connectivity index (χ1n) is 6.12. The minimum atomic E-state index is 0.171. The zero-order chi connectivity index (χ0) is 12.7. The summed E-state index contributed by atoms with van der Waals surface area (Å²) in [4.78, 5) is 4.00. The molecule has 1 N–H and O–H groups in total. The highest BCUT2D eigenvalue weighted by Gasteiger charge is 2.18. The summed E-state index contributed by atoms with van der Waals surface area (Å²) in [6.07, 6.45) is 4.49. The van der Waals surface area contributed by atoms with Gasteiger partial charge in [0, 0.05) is 25.0 Å². The Hall–Kier alpha value is -0.640. The molecule has 0 saturated heterocycles. The van der Waals surface area contributed by atoms with Gasteiger partial charge in [-0.3, -0.25) is 4.98 Å². The van der Waals surface area contributed by atoms with Crippen LogP contribution in [0.5, 0.6) is 0 Å². The van der Waals surface area contributed by atoms with Crippen molar-refractivity contribution in [2.24, 2.45) is 0 Å². The van der Waals surface area contributed by atoms with Gasteiger partial charge in [0.15, 0.2) is 0 Å². The summed E-state index contributed by atoms with van der Waals surface area (Å²) in [5.74, 6) is 0. The van der Waals surface area contributed by atoms with E-state index in [0.29, 0.717) is 0 Å². The van der Waals surface area contributed by atoms with E-state index in [1.54, 1.807) is 12.4 Å². The fraction of sp³-hybridized carbons (Fsp3) is 0.615. The van der Waals surface area contributed by atoms with Crippen LogP contribution in [0.15, 0.2) is 18.5 Å². The SMILES string of the molecule is CCNC(Cc1ccncc1Cl)C(C)OCC. The second-order valence-corrected chi connectivity index (χ2v) is 4.40. The molecule has 0 spiro atoms. The maximum absolute atomic E-state index is 6.12. The van der Waals surface area contributed by atoms with E-state index in [0.717, 1.165) is 30.2 Å². The first kappa shape index (κ1) is 14.4. The molecule has 0 aliphatic carbocycles. The van der Waals surface area contributed by atoms with Gasteiger partial charge in [0.2, 0.25) is 0 Å². The molecule has 0 fully saturated rings. The monoisotopic (exact) mass is 256 g/mol. The number of halogens is 1. The van der Waals surface area contributed by atoms with Gasteiger partial charge in [0.25, 0.3) is 0 Å². The van der Waals surface area contributed by atoms with Gasteiger partial charge in [-0.2, -0.15) is 0 Å². The number of nitrogens with one attached hydrogen (secondary N) is 1. The predicted octanol–water partition coefficient (Wildman–Crippen LogP) is 2.68. The highest BCUT2D eigenvalue weighted by Crippen LogP contribution is 2.17. The molecule has 1 rings (SSSR count). The Morgan fingerprint density at radius 3 is 2.82 bits per heavy atom. The van der Waals surface area contributed by atoms with Crippen molar-refractivity contribution in [3.8, 4) is 0 Å². The predicted molar refractivity (Wildman–Crippen MR) is 71.5 cm³/mol. The van der Waals surface area contributed by atoms with Gasteiger partial charge in [-0.15, -0.1) is 0 Å². The second-order valence-electron chi connectivity index (χ2n) is 4.00. The van der Waals surface area contributed by atoms with E-state index in [4.69, 9.17) is 16.3 Å². The van der Waals surface area contributed by atoms with Crippen LogP contribution in [0.1, 0.15) is 26.3 Å². The number of rotatable bonds is 7. The number of ether oxygens (including phenoxy) is 1. The molecule has 0 radical (unpaired) electrons. The fourth-order valence-corrected chi connectivity index (χ4v) is 2.05. The van der Waals surface area contributed by atoms with Crippen LogP contribution in [0, 0.1) is 0 Å². The summed E-state index contributed by atoms with van der Waals surface area (Å²) in [7, 11) is 0. The molecule has 0 amide bonds. The Kier molecular flexibility index (Phi) is 6.48.